The highest BCUT2D eigenvalue weighted by Gasteiger charge is 2.20. The van der Waals surface area contributed by atoms with Crippen LogP contribution in [-0.2, 0) is 0 Å². The van der Waals surface area contributed by atoms with Crippen LogP contribution in [0.1, 0.15) is 13.8 Å². The first-order valence-electron chi connectivity index (χ1n) is 9.92. The van der Waals surface area contributed by atoms with Crippen LogP contribution in [0.4, 0.5) is 15.9 Å². The summed E-state index contributed by atoms with van der Waals surface area (Å²) in [5.74, 6) is 0.711. The minimum atomic E-state index is -0.383. The van der Waals surface area contributed by atoms with Gasteiger partial charge in [0.2, 0.25) is 0 Å². The number of nitrogens with zero attached hydrogens (tertiary/aromatic N) is 4. The number of hydrogen-bond acceptors (Lipinski definition) is 6. The number of fused-ring (bicyclic) bond motifs is 2. The van der Waals surface area contributed by atoms with E-state index in [9.17, 15) is 0 Å². The Morgan fingerprint density at radius 3 is 2.65 bits per heavy atom. The number of halogens is 2. The Kier molecular flexibility index (Phi) is 6.02. The first-order chi connectivity index (χ1) is 14.8. The molecular formula is C23H23BrFN5O. The van der Waals surface area contributed by atoms with Gasteiger partial charge < -0.3 is 15.0 Å². The number of ether oxygens (including phenoxy) is 1. The van der Waals surface area contributed by atoms with Crippen molar-refractivity contribution in [3.8, 4) is 5.75 Å². The summed E-state index contributed by atoms with van der Waals surface area (Å²) in [5.41, 5.74) is 1.59. The molecule has 8 heteroatoms. The summed E-state index contributed by atoms with van der Waals surface area (Å²) >= 11 is 3.53. The van der Waals surface area contributed by atoms with Gasteiger partial charge in [-0.1, -0.05) is 15.9 Å². The van der Waals surface area contributed by atoms with Crippen LogP contribution in [-0.4, -0.2) is 46.1 Å². The highest BCUT2D eigenvalue weighted by atomic mass is 79.9. The van der Waals surface area contributed by atoms with Gasteiger partial charge in [0, 0.05) is 22.1 Å². The maximum atomic E-state index is 15.1. The van der Waals surface area contributed by atoms with Crippen LogP contribution in [0.3, 0.4) is 0 Å². The smallest absolute Gasteiger partial charge is 0.156 e. The molecule has 2 aromatic carbocycles. The minimum Gasteiger partial charge on any atom is -0.488 e. The second kappa shape index (κ2) is 8.72. The second-order valence-corrected chi connectivity index (χ2v) is 8.59. The van der Waals surface area contributed by atoms with Crippen molar-refractivity contribution in [2.75, 3.05) is 19.4 Å². The third-order valence-electron chi connectivity index (χ3n) is 5.45. The molecule has 0 unspecified atom stereocenters. The molecule has 31 heavy (non-hydrogen) atoms. The van der Waals surface area contributed by atoms with Gasteiger partial charge in [-0.05, 0) is 64.3 Å². The number of likely N-dealkylation sites (N-methyl/N-ethyl adjacent to an activating group) is 1. The van der Waals surface area contributed by atoms with Crippen molar-refractivity contribution in [1.29, 1.82) is 0 Å². The monoisotopic (exact) mass is 483 g/mol. The van der Waals surface area contributed by atoms with Crippen molar-refractivity contribution in [1.82, 2.24) is 19.9 Å². The molecule has 0 bridgehead atoms. The molecule has 2 heterocycles. The Hall–Kier alpha value is -2.84. The fourth-order valence-corrected chi connectivity index (χ4v) is 3.79. The molecule has 0 saturated carbocycles. The molecule has 6 nitrogen and oxygen atoms in total. The molecule has 0 amide bonds. The summed E-state index contributed by atoms with van der Waals surface area (Å²) < 4.78 is 22.3. The highest BCUT2D eigenvalue weighted by molar-refractivity contribution is 9.10. The molecule has 160 valence electrons. The number of rotatable bonds is 6. The van der Waals surface area contributed by atoms with E-state index in [1.54, 1.807) is 30.5 Å². The van der Waals surface area contributed by atoms with E-state index < -0.39 is 0 Å². The molecule has 0 aliphatic carbocycles. The fraction of sp³-hybridized carbons (Fsp3) is 0.261. The van der Waals surface area contributed by atoms with Crippen molar-refractivity contribution >= 4 is 49.2 Å². The lowest BCUT2D eigenvalue weighted by Gasteiger charge is -2.27. The molecule has 2 aromatic heterocycles. The number of anilines is 2. The molecule has 0 saturated heterocycles. The minimum absolute atomic E-state index is 0.0935. The summed E-state index contributed by atoms with van der Waals surface area (Å²) in [4.78, 5) is 15.1. The predicted molar refractivity (Wildman–Crippen MR) is 125 cm³/mol. The molecule has 0 spiro atoms. The lowest BCUT2D eigenvalue weighted by Crippen LogP contribution is -2.38. The zero-order chi connectivity index (χ0) is 22.1. The molecular weight excluding hydrogens is 461 g/mol. The van der Waals surface area contributed by atoms with Crippen LogP contribution in [0.15, 0.2) is 53.4 Å². The first-order valence-corrected chi connectivity index (χ1v) is 10.7. The average molecular weight is 484 g/mol. The number of nitrogens with one attached hydrogen (secondary N) is 1. The molecule has 4 aromatic rings. The highest BCUT2D eigenvalue weighted by Crippen LogP contribution is 2.36. The SMILES string of the molecule is C[C@H](Oc1cc(Br)cc2ncnc(Nc3ccc4ncccc4c3F)c12)[C@H](C)N(C)C. The van der Waals surface area contributed by atoms with Gasteiger partial charge in [-0.2, -0.15) is 0 Å². The lowest BCUT2D eigenvalue weighted by molar-refractivity contribution is 0.123. The molecule has 2 atom stereocenters. The normalized spacial score (nSPS) is 13.5. The van der Waals surface area contributed by atoms with Crippen LogP contribution >= 0.6 is 15.9 Å². The molecule has 0 aliphatic rings. The van der Waals surface area contributed by atoms with E-state index in [0.717, 1.165) is 4.47 Å². The third-order valence-corrected chi connectivity index (χ3v) is 5.90. The Balaban J connectivity index is 1.79. The second-order valence-electron chi connectivity index (χ2n) is 7.67. The van der Waals surface area contributed by atoms with Crippen molar-refractivity contribution in [3.63, 3.8) is 0 Å². The Morgan fingerprint density at radius 2 is 1.87 bits per heavy atom. The number of benzene rings is 2. The third kappa shape index (κ3) is 4.31. The average Bonchev–Trinajstić information content (AvgIpc) is 2.75. The maximum absolute atomic E-state index is 15.1. The van der Waals surface area contributed by atoms with Crippen LogP contribution < -0.4 is 10.1 Å². The fourth-order valence-electron chi connectivity index (χ4n) is 3.37. The maximum Gasteiger partial charge on any atom is 0.156 e. The lowest BCUT2D eigenvalue weighted by atomic mass is 10.1. The summed E-state index contributed by atoms with van der Waals surface area (Å²) in [6.45, 7) is 4.11. The summed E-state index contributed by atoms with van der Waals surface area (Å²) in [7, 11) is 4.02. The quantitative estimate of drug-likeness (QED) is 0.388. The van der Waals surface area contributed by atoms with Crippen LogP contribution in [0.5, 0.6) is 5.75 Å². The Morgan fingerprint density at radius 1 is 1.06 bits per heavy atom. The van der Waals surface area contributed by atoms with Crippen molar-refractivity contribution in [3.05, 3.63) is 59.2 Å². The number of pyridine rings is 1. The van der Waals surface area contributed by atoms with Gasteiger partial charge in [-0.15, -0.1) is 0 Å². The van der Waals surface area contributed by atoms with Crippen molar-refractivity contribution in [2.45, 2.75) is 26.0 Å². The molecule has 0 aliphatic heterocycles. The zero-order valence-corrected chi connectivity index (χ0v) is 19.3. The Bertz CT molecular complexity index is 1250. The van der Waals surface area contributed by atoms with E-state index in [1.807, 2.05) is 33.2 Å². The van der Waals surface area contributed by atoms with E-state index >= 15 is 4.39 Å². The van der Waals surface area contributed by atoms with Gasteiger partial charge in [0.05, 0.1) is 22.1 Å². The van der Waals surface area contributed by atoms with E-state index in [2.05, 4.69) is 48.0 Å². The van der Waals surface area contributed by atoms with Gasteiger partial charge in [0.1, 0.15) is 24.0 Å². The molecule has 0 radical (unpaired) electrons. The largest absolute Gasteiger partial charge is 0.488 e. The zero-order valence-electron chi connectivity index (χ0n) is 17.7. The summed E-state index contributed by atoms with van der Waals surface area (Å²) in [6.07, 6.45) is 3.00. The predicted octanol–water partition coefficient (Wildman–Crippen LogP) is 5.54. The van der Waals surface area contributed by atoms with Crippen molar-refractivity contribution < 1.29 is 9.13 Å². The van der Waals surface area contributed by atoms with E-state index in [1.165, 1.54) is 6.33 Å². The van der Waals surface area contributed by atoms with Crippen LogP contribution in [0, 0.1) is 5.82 Å². The summed E-state index contributed by atoms with van der Waals surface area (Å²) in [5, 5.41) is 4.26. The van der Waals surface area contributed by atoms with Gasteiger partial charge in [0.25, 0.3) is 0 Å². The van der Waals surface area contributed by atoms with Gasteiger partial charge in [-0.3, -0.25) is 4.98 Å². The first kappa shape index (κ1) is 21.4. The van der Waals surface area contributed by atoms with Gasteiger partial charge in [-0.25, -0.2) is 14.4 Å². The Labute approximate surface area is 188 Å². The molecule has 4 rings (SSSR count). The van der Waals surface area contributed by atoms with E-state index in [-0.39, 0.29) is 18.0 Å². The topological polar surface area (TPSA) is 63.2 Å². The van der Waals surface area contributed by atoms with E-state index in [0.29, 0.717) is 39.1 Å². The number of aromatic nitrogens is 3. The van der Waals surface area contributed by atoms with Crippen molar-refractivity contribution in [2.24, 2.45) is 0 Å². The van der Waals surface area contributed by atoms with E-state index in [4.69, 9.17) is 4.74 Å². The molecule has 1 N–H and O–H groups in total. The van der Waals surface area contributed by atoms with Crippen LogP contribution in [0.25, 0.3) is 21.8 Å². The summed E-state index contributed by atoms with van der Waals surface area (Å²) in [6, 6.07) is 10.8. The number of hydrogen-bond donors (Lipinski definition) is 1. The van der Waals surface area contributed by atoms with Gasteiger partial charge in [0.15, 0.2) is 5.82 Å². The standard InChI is InChI=1S/C23H23BrFN5O/c1-13(30(3)4)14(2)31-20-11-15(24)10-19-21(20)23(28-12-27-19)29-18-8-7-17-16(22(18)25)6-5-9-26-17/h5-14H,1-4H3,(H,27,28,29)/t13-,14-/m0/s1. The molecule has 0 fully saturated rings. The van der Waals surface area contributed by atoms with Gasteiger partial charge >= 0.3 is 0 Å². The van der Waals surface area contributed by atoms with Crippen LogP contribution in [0.2, 0.25) is 0 Å².